The van der Waals surface area contributed by atoms with Crippen molar-refractivity contribution in [3.05, 3.63) is 210 Å². The number of hydrogen-bond acceptors (Lipinski definition) is 13. The van der Waals surface area contributed by atoms with Crippen molar-refractivity contribution in [1.82, 2.24) is 20.1 Å². The summed E-state index contributed by atoms with van der Waals surface area (Å²) < 4.78 is 8.59. The zero-order chi connectivity index (χ0) is 47.6. The molecule has 5 aromatic carbocycles. The molecule has 0 aliphatic carbocycles. The van der Waals surface area contributed by atoms with E-state index in [0.717, 1.165) is 47.3 Å². The number of thiazole rings is 1. The fourth-order valence-electron chi connectivity index (χ4n) is 8.29. The van der Waals surface area contributed by atoms with Gasteiger partial charge in [-0.3, -0.25) is 9.59 Å². The van der Waals surface area contributed by atoms with E-state index in [-0.39, 0.29) is 33.8 Å². The first-order chi connectivity index (χ1) is 33.1. The van der Waals surface area contributed by atoms with Crippen LogP contribution in [0.3, 0.4) is 0 Å². The number of β-lactam (4-membered cyclic amide) rings is 1. The number of amides is 1. The van der Waals surface area contributed by atoms with E-state index in [2.05, 4.69) is 62.5 Å². The topological polar surface area (TPSA) is 124 Å². The van der Waals surface area contributed by atoms with Gasteiger partial charge in [-0.25, -0.2) is 9.78 Å². The van der Waals surface area contributed by atoms with E-state index in [4.69, 9.17) is 21.2 Å². The molecule has 1 unspecified atom stereocenters. The number of allylic oxidation sites excluding steroid dienone is 1. The van der Waals surface area contributed by atoms with Crippen LogP contribution in [0.4, 0.5) is 0 Å². The van der Waals surface area contributed by atoms with Crippen LogP contribution in [0.2, 0.25) is 4.34 Å². The number of thiol groups is 1. The lowest BCUT2D eigenvalue weighted by Gasteiger charge is -2.50. The maximum atomic E-state index is 14.6. The predicted octanol–water partition coefficient (Wildman–Crippen LogP) is 12.5. The first-order valence-electron chi connectivity index (χ1n) is 21.8. The monoisotopic (exact) mass is 1110 g/mol. The Balaban J connectivity index is 0.000000556. The molecule has 0 saturated carbocycles. The number of aromatic nitrogens is 3. The Morgan fingerprint density at radius 1 is 0.853 bits per heavy atom. The zero-order valence-corrected chi connectivity index (χ0v) is 43.2. The second-order valence-electron chi connectivity index (χ2n) is 15.7. The quantitative estimate of drug-likeness (QED) is 0.0116. The van der Waals surface area contributed by atoms with Gasteiger partial charge in [0, 0.05) is 34.1 Å². The van der Waals surface area contributed by atoms with E-state index in [1.807, 2.05) is 152 Å². The third-order valence-electron chi connectivity index (χ3n) is 11.5. The van der Waals surface area contributed by atoms with Gasteiger partial charge in [-0.1, -0.05) is 221 Å². The Morgan fingerprint density at radius 3 is 1.85 bits per heavy atom. The minimum Gasteiger partial charge on any atom is -0.448 e. The van der Waals surface area contributed by atoms with Crippen LogP contribution < -0.4 is 0 Å². The van der Waals surface area contributed by atoms with Crippen molar-refractivity contribution in [3.8, 4) is 0 Å². The number of rotatable bonds is 16. The zero-order valence-electron chi connectivity index (χ0n) is 36.9. The number of benzene rings is 5. The van der Waals surface area contributed by atoms with Gasteiger partial charge in [0.25, 0.3) is 0 Å². The standard InChI is InChI=1S/C47H38ClN3O5S2.C5H7IN2S2/c1-30-49-41(44(48)58-30)40(50-56-47(33-21-11-4-12-22-33,34-23-13-5-14-24-34)35-25-15-6-16-26-35)38(52)29-36-37-27-28-39(57)42(51(37)45(36)53)46(54)55-43(31-17-7-2-8-18-31)32-19-9-3-10-20-32;1-2-4-7-8-5(10-4)9-3-6/h2-26,36-37,43,57H,27-29H2,1H3;2-3H2,1H3/b50-40-;/t36-,37?;/m0./s1. The summed E-state index contributed by atoms with van der Waals surface area (Å²) in [7, 11) is 0. The number of ketones is 1. The average Bonchev–Trinajstić information content (AvgIpc) is 3.99. The molecular weight excluding hydrogens is 1070 g/mol. The largest absolute Gasteiger partial charge is 0.448 e. The van der Waals surface area contributed by atoms with Crippen molar-refractivity contribution in [3.63, 3.8) is 0 Å². The normalized spacial score (nSPS) is 15.8. The van der Waals surface area contributed by atoms with Gasteiger partial charge in [-0.2, -0.15) is 0 Å². The fraction of sp³-hybridized carbons (Fsp3) is 0.212. The Labute approximate surface area is 431 Å². The lowest BCUT2D eigenvalue weighted by atomic mass is 9.77. The van der Waals surface area contributed by atoms with Crippen LogP contribution in [0.15, 0.2) is 172 Å². The molecule has 1 amide bonds. The maximum Gasteiger partial charge on any atom is 0.356 e. The van der Waals surface area contributed by atoms with Crippen LogP contribution in [-0.2, 0) is 36.0 Å². The van der Waals surface area contributed by atoms with Crippen LogP contribution in [0, 0.1) is 12.8 Å². The predicted molar refractivity (Wildman–Crippen MR) is 283 cm³/mol. The molecule has 16 heteroatoms. The lowest BCUT2D eigenvalue weighted by molar-refractivity contribution is -0.162. The molecule has 0 spiro atoms. The number of alkyl halides is 1. The van der Waals surface area contributed by atoms with Gasteiger partial charge in [-0.05, 0) is 37.3 Å². The molecule has 2 aromatic heterocycles. The van der Waals surface area contributed by atoms with E-state index < -0.39 is 35.4 Å². The van der Waals surface area contributed by atoms with E-state index >= 15 is 0 Å². The van der Waals surface area contributed by atoms with Crippen molar-refractivity contribution in [2.45, 2.75) is 61.6 Å². The number of ether oxygens (including phenoxy) is 1. The number of fused-ring (bicyclic) bond motifs is 1. The molecule has 68 heavy (non-hydrogen) atoms. The highest BCUT2D eigenvalue weighted by Gasteiger charge is 2.54. The molecule has 1 fully saturated rings. The van der Waals surface area contributed by atoms with Crippen LogP contribution in [0.25, 0.3) is 0 Å². The SMILES string of the molecule is CCc1nnc(SCI)s1.Cc1nc(/C(=N\OC(c2ccccc2)(c2ccccc2)c2ccccc2)C(=O)C[C@@H]2C(=O)N3C(C(=O)OC(c4ccccc4)c4ccccc4)=C(S)CCC23)c(Cl)s1. The van der Waals surface area contributed by atoms with Crippen molar-refractivity contribution in [2.75, 3.05) is 3.76 Å². The third-order valence-corrected chi connectivity index (χ3v) is 15.9. The molecule has 1 saturated heterocycles. The molecule has 346 valence electrons. The Hall–Kier alpha value is -5.17. The summed E-state index contributed by atoms with van der Waals surface area (Å²) in [6.07, 6.45) is 1.03. The summed E-state index contributed by atoms with van der Waals surface area (Å²) in [5, 5.41) is 14.4. The number of halogens is 2. The van der Waals surface area contributed by atoms with Crippen molar-refractivity contribution >= 4 is 105 Å². The number of carbonyl (C=O) groups excluding carboxylic acids is 3. The van der Waals surface area contributed by atoms with Crippen LogP contribution in [0.1, 0.15) is 75.8 Å². The molecule has 2 aliphatic rings. The van der Waals surface area contributed by atoms with Gasteiger partial charge in [-0.15, -0.1) is 34.2 Å². The number of hydrogen-bond donors (Lipinski definition) is 1. The van der Waals surface area contributed by atoms with Gasteiger partial charge in [0.05, 0.1) is 14.7 Å². The first-order valence-corrected chi connectivity index (χ1v) is 26.8. The Bertz CT molecular complexity index is 2770. The highest BCUT2D eigenvalue weighted by atomic mass is 127. The van der Waals surface area contributed by atoms with Gasteiger partial charge in [0.1, 0.15) is 20.7 Å². The van der Waals surface area contributed by atoms with Gasteiger partial charge in [0.2, 0.25) is 11.5 Å². The second kappa shape index (κ2) is 23.0. The highest BCUT2D eigenvalue weighted by Crippen LogP contribution is 2.45. The summed E-state index contributed by atoms with van der Waals surface area (Å²) in [6.45, 7) is 3.89. The molecular formula is C52H45ClIN5O5S4. The minimum atomic E-state index is -1.28. The molecule has 2 aliphatic heterocycles. The molecule has 9 rings (SSSR count). The van der Waals surface area contributed by atoms with Crippen molar-refractivity contribution in [1.29, 1.82) is 0 Å². The molecule has 2 atom stereocenters. The van der Waals surface area contributed by atoms with E-state index in [1.165, 1.54) is 16.2 Å². The van der Waals surface area contributed by atoms with Crippen molar-refractivity contribution < 1.29 is 24.0 Å². The van der Waals surface area contributed by atoms with Crippen LogP contribution >= 0.6 is 81.3 Å². The number of carbonyl (C=O) groups is 3. The third kappa shape index (κ3) is 10.8. The van der Waals surface area contributed by atoms with Gasteiger partial charge >= 0.3 is 5.97 Å². The summed E-state index contributed by atoms with van der Waals surface area (Å²) in [5.74, 6) is -2.24. The average molecular weight is 1110 g/mol. The first kappa shape index (κ1) is 49.3. The molecule has 10 nitrogen and oxygen atoms in total. The minimum absolute atomic E-state index is 0.0952. The number of thioether (sulfide) groups is 1. The lowest BCUT2D eigenvalue weighted by Crippen LogP contribution is -2.63. The molecule has 4 heterocycles. The fourth-order valence-corrected chi connectivity index (χ4v) is 12.6. The maximum absolute atomic E-state index is 14.6. The van der Waals surface area contributed by atoms with E-state index in [1.54, 1.807) is 30.0 Å². The molecule has 0 radical (unpaired) electrons. The van der Waals surface area contributed by atoms with Crippen molar-refractivity contribution in [2.24, 2.45) is 11.1 Å². The number of oxime groups is 1. The number of esters is 1. The summed E-state index contributed by atoms with van der Waals surface area (Å²) in [6, 6.07) is 47.5. The van der Waals surface area contributed by atoms with Crippen LogP contribution in [0.5, 0.6) is 0 Å². The van der Waals surface area contributed by atoms with E-state index in [0.29, 0.717) is 22.8 Å². The number of nitrogens with zero attached hydrogens (tertiary/aromatic N) is 5. The second-order valence-corrected chi connectivity index (χ2v) is 22.1. The summed E-state index contributed by atoms with van der Waals surface area (Å²) >= 11 is 18.4. The number of Topliss-reactive ketones (excluding diaryl/α,β-unsaturated/α-hetero) is 1. The summed E-state index contributed by atoms with van der Waals surface area (Å²) in [4.78, 5) is 56.0. The molecule has 7 aromatic rings. The van der Waals surface area contributed by atoms with Gasteiger partial charge < -0.3 is 14.5 Å². The smallest absolute Gasteiger partial charge is 0.356 e. The van der Waals surface area contributed by atoms with Crippen LogP contribution in [-0.4, -0.2) is 53.3 Å². The Morgan fingerprint density at radius 2 is 1.38 bits per heavy atom. The summed E-state index contributed by atoms with van der Waals surface area (Å²) in [5.41, 5.74) is 2.83. The highest BCUT2D eigenvalue weighted by molar-refractivity contribution is 14.1. The Kier molecular flexibility index (Phi) is 16.6. The van der Waals surface area contributed by atoms with E-state index in [9.17, 15) is 14.4 Å². The molecule has 0 bridgehead atoms. The number of aryl methyl sites for hydroxylation is 2. The molecule has 0 N–H and O–H groups in total. The van der Waals surface area contributed by atoms with Gasteiger partial charge in [0.15, 0.2) is 21.9 Å².